The lowest BCUT2D eigenvalue weighted by atomic mass is 10.3. The zero-order valence-electron chi connectivity index (χ0n) is 7.28. The number of carbonyl (C=O) groups excluding carboxylic acids is 1. The lowest BCUT2D eigenvalue weighted by Crippen LogP contribution is -1.85. The van der Waals surface area contributed by atoms with Crippen LogP contribution >= 0.6 is 0 Å². The molecule has 0 aliphatic heterocycles. The second kappa shape index (κ2) is 4.94. The summed E-state index contributed by atoms with van der Waals surface area (Å²) in [4.78, 5) is 13.9. The summed E-state index contributed by atoms with van der Waals surface area (Å²) < 4.78 is 4.96. The third-order valence-electron chi connectivity index (χ3n) is 1.37. The SMILES string of the molecule is COc1cncc(C#CCC=O)c1. The number of nitrogens with zero attached hydrogens (tertiary/aromatic N) is 1. The van der Waals surface area contributed by atoms with Crippen LogP contribution in [0.15, 0.2) is 18.5 Å². The molecular formula is C10H9NO2. The molecule has 0 unspecified atom stereocenters. The fraction of sp³-hybridized carbons (Fsp3) is 0.200. The number of aldehydes is 1. The van der Waals surface area contributed by atoms with Gasteiger partial charge in [-0.05, 0) is 6.07 Å². The van der Waals surface area contributed by atoms with Crippen molar-refractivity contribution in [3.63, 3.8) is 0 Å². The quantitative estimate of drug-likeness (QED) is 0.497. The van der Waals surface area contributed by atoms with Gasteiger partial charge in [0.2, 0.25) is 0 Å². The Balaban J connectivity index is 2.78. The molecule has 1 rings (SSSR count). The Bertz CT molecular complexity index is 349. The fourth-order valence-electron chi connectivity index (χ4n) is 0.794. The van der Waals surface area contributed by atoms with E-state index in [0.29, 0.717) is 5.75 Å². The molecule has 0 fully saturated rings. The van der Waals surface area contributed by atoms with Gasteiger partial charge in [-0.15, -0.1) is 0 Å². The van der Waals surface area contributed by atoms with E-state index < -0.39 is 0 Å². The van der Waals surface area contributed by atoms with E-state index in [4.69, 9.17) is 4.74 Å². The van der Waals surface area contributed by atoms with E-state index >= 15 is 0 Å². The Morgan fingerprint density at radius 1 is 1.62 bits per heavy atom. The van der Waals surface area contributed by atoms with Crippen LogP contribution in [0.3, 0.4) is 0 Å². The Morgan fingerprint density at radius 2 is 2.46 bits per heavy atom. The number of hydrogen-bond donors (Lipinski definition) is 0. The van der Waals surface area contributed by atoms with Crippen molar-refractivity contribution in [2.45, 2.75) is 6.42 Å². The first-order valence-electron chi connectivity index (χ1n) is 3.78. The van der Waals surface area contributed by atoms with Gasteiger partial charge < -0.3 is 9.53 Å². The molecule has 0 spiro atoms. The van der Waals surface area contributed by atoms with Crippen molar-refractivity contribution in [2.75, 3.05) is 7.11 Å². The molecule has 13 heavy (non-hydrogen) atoms. The number of methoxy groups -OCH3 is 1. The maximum absolute atomic E-state index is 9.98. The summed E-state index contributed by atoms with van der Waals surface area (Å²) in [6, 6.07) is 1.77. The van der Waals surface area contributed by atoms with Gasteiger partial charge in [-0.3, -0.25) is 4.98 Å². The number of carbonyl (C=O) groups is 1. The minimum Gasteiger partial charge on any atom is -0.495 e. The van der Waals surface area contributed by atoms with Crippen LogP contribution in [0, 0.1) is 11.8 Å². The summed E-state index contributed by atoms with van der Waals surface area (Å²) in [5.41, 5.74) is 0.751. The summed E-state index contributed by atoms with van der Waals surface area (Å²) in [6.07, 6.45) is 4.24. The summed E-state index contributed by atoms with van der Waals surface area (Å²) in [7, 11) is 1.57. The van der Waals surface area contributed by atoms with Crippen molar-refractivity contribution >= 4 is 6.29 Å². The van der Waals surface area contributed by atoms with Crippen LogP contribution in [-0.2, 0) is 4.79 Å². The van der Waals surface area contributed by atoms with Gasteiger partial charge >= 0.3 is 0 Å². The smallest absolute Gasteiger partial charge is 0.138 e. The molecule has 0 aromatic carbocycles. The molecule has 0 N–H and O–H groups in total. The molecule has 1 aromatic heterocycles. The van der Waals surface area contributed by atoms with Gasteiger partial charge in [0.05, 0.1) is 19.7 Å². The number of rotatable bonds is 2. The highest BCUT2D eigenvalue weighted by Crippen LogP contribution is 2.08. The molecule has 1 heterocycles. The standard InChI is InChI=1S/C10H9NO2/c1-13-10-6-9(7-11-8-10)4-2-3-5-12/h5-8H,3H2,1H3. The van der Waals surface area contributed by atoms with Crippen molar-refractivity contribution in [1.29, 1.82) is 0 Å². The highest BCUT2D eigenvalue weighted by atomic mass is 16.5. The number of hydrogen-bond acceptors (Lipinski definition) is 3. The monoisotopic (exact) mass is 175 g/mol. The lowest BCUT2D eigenvalue weighted by Gasteiger charge is -1.97. The maximum Gasteiger partial charge on any atom is 0.138 e. The van der Waals surface area contributed by atoms with Gasteiger partial charge in [0, 0.05) is 11.8 Å². The van der Waals surface area contributed by atoms with Gasteiger partial charge in [0.15, 0.2) is 0 Å². The zero-order valence-corrected chi connectivity index (χ0v) is 7.28. The van der Waals surface area contributed by atoms with Gasteiger partial charge in [-0.25, -0.2) is 0 Å². The van der Waals surface area contributed by atoms with Crippen molar-refractivity contribution in [3.8, 4) is 17.6 Å². The van der Waals surface area contributed by atoms with Crippen LogP contribution in [0.1, 0.15) is 12.0 Å². The predicted octanol–water partition coefficient (Wildman–Crippen LogP) is 1.03. The summed E-state index contributed by atoms with van der Waals surface area (Å²) in [5, 5.41) is 0. The predicted molar refractivity (Wildman–Crippen MR) is 48.3 cm³/mol. The van der Waals surface area contributed by atoms with E-state index in [9.17, 15) is 4.79 Å². The highest BCUT2D eigenvalue weighted by Gasteiger charge is 1.91. The van der Waals surface area contributed by atoms with Gasteiger partial charge in [0.25, 0.3) is 0 Å². The van der Waals surface area contributed by atoms with E-state index in [1.165, 1.54) is 0 Å². The van der Waals surface area contributed by atoms with Crippen LogP contribution in [0.5, 0.6) is 5.75 Å². The minimum atomic E-state index is 0.247. The molecule has 0 atom stereocenters. The van der Waals surface area contributed by atoms with Crippen LogP contribution in [0.25, 0.3) is 0 Å². The molecular weight excluding hydrogens is 166 g/mol. The van der Waals surface area contributed by atoms with Crippen molar-refractivity contribution in [1.82, 2.24) is 4.98 Å². The van der Waals surface area contributed by atoms with Crippen molar-refractivity contribution in [2.24, 2.45) is 0 Å². The van der Waals surface area contributed by atoms with Crippen LogP contribution in [-0.4, -0.2) is 18.4 Å². The van der Waals surface area contributed by atoms with Crippen molar-refractivity contribution < 1.29 is 9.53 Å². The minimum absolute atomic E-state index is 0.247. The van der Waals surface area contributed by atoms with Gasteiger partial charge in [-0.2, -0.15) is 0 Å². The normalized spacial score (nSPS) is 8.38. The molecule has 0 amide bonds. The molecule has 0 aliphatic carbocycles. The number of pyridine rings is 1. The second-order valence-electron chi connectivity index (χ2n) is 2.29. The first-order valence-corrected chi connectivity index (χ1v) is 3.78. The maximum atomic E-state index is 9.98. The molecule has 0 bridgehead atoms. The molecule has 0 saturated heterocycles. The van der Waals surface area contributed by atoms with E-state index in [-0.39, 0.29) is 6.42 Å². The topological polar surface area (TPSA) is 39.2 Å². The van der Waals surface area contributed by atoms with E-state index in [2.05, 4.69) is 16.8 Å². The molecule has 0 radical (unpaired) electrons. The van der Waals surface area contributed by atoms with Gasteiger partial charge in [-0.1, -0.05) is 11.8 Å². The van der Waals surface area contributed by atoms with E-state index in [1.807, 2.05) is 0 Å². The Hall–Kier alpha value is -1.82. The van der Waals surface area contributed by atoms with Crippen LogP contribution in [0.2, 0.25) is 0 Å². The number of ether oxygens (including phenoxy) is 1. The Kier molecular flexibility index (Phi) is 3.52. The summed E-state index contributed by atoms with van der Waals surface area (Å²) in [5.74, 6) is 6.15. The molecule has 1 aromatic rings. The molecule has 0 aliphatic rings. The lowest BCUT2D eigenvalue weighted by molar-refractivity contribution is -0.107. The largest absolute Gasteiger partial charge is 0.495 e. The first kappa shape index (κ1) is 9.27. The third kappa shape index (κ3) is 2.96. The first-order chi connectivity index (χ1) is 6.36. The van der Waals surface area contributed by atoms with E-state index in [1.54, 1.807) is 25.6 Å². The van der Waals surface area contributed by atoms with Crippen molar-refractivity contribution in [3.05, 3.63) is 24.0 Å². The second-order valence-corrected chi connectivity index (χ2v) is 2.29. The Labute approximate surface area is 76.8 Å². The molecule has 3 nitrogen and oxygen atoms in total. The van der Waals surface area contributed by atoms with Gasteiger partial charge in [0.1, 0.15) is 12.0 Å². The molecule has 66 valence electrons. The Morgan fingerprint density at radius 3 is 3.15 bits per heavy atom. The van der Waals surface area contributed by atoms with Crippen LogP contribution < -0.4 is 4.74 Å². The fourth-order valence-corrected chi connectivity index (χ4v) is 0.794. The third-order valence-corrected chi connectivity index (χ3v) is 1.37. The average molecular weight is 175 g/mol. The zero-order chi connectivity index (χ0) is 9.52. The van der Waals surface area contributed by atoms with E-state index in [0.717, 1.165) is 11.8 Å². The highest BCUT2D eigenvalue weighted by molar-refractivity contribution is 5.55. The molecule has 3 heteroatoms. The van der Waals surface area contributed by atoms with Crippen LogP contribution in [0.4, 0.5) is 0 Å². The average Bonchev–Trinajstić information content (AvgIpc) is 2.19. The summed E-state index contributed by atoms with van der Waals surface area (Å²) >= 11 is 0. The molecule has 0 saturated carbocycles. The number of aromatic nitrogens is 1. The summed E-state index contributed by atoms with van der Waals surface area (Å²) in [6.45, 7) is 0.